The third-order valence-corrected chi connectivity index (χ3v) is 3.36. The molecule has 0 bridgehead atoms. The highest BCUT2D eigenvalue weighted by Gasteiger charge is 2.17. The van der Waals surface area contributed by atoms with E-state index in [9.17, 15) is 4.79 Å². The monoisotopic (exact) mass is 273 g/mol. The molecule has 2 rings (SSSR count). The lowest BCUT2D eigenvalue weighted by Crippen LogP contribution is -2.19. The lowest BCUT2D eigenvalue weighted by Gasteiger charge is -2.22. The van der Waals surface area contributed by atoms with Crippen molar-refractivity contribution in [2.45, 2.75) is 20.4 Å². The first kappa shape index (κ1) is 14.2. The van der Waals surface area contributed by atoms with Crippen LogP contribution in [0.4, 0.5) is 5.69 Å². The van der Waals surface area contributed by atoms with Crippen molar-refractivity contribution in [3.63, 3.8) is 0 Å². The van der Waals surface area contributed by atoms with Crippen LogP contribution in [0, 0.1) is 6.92 Å². The fourth-order valence-corrected chi connectivity index (χ4v) is 2.28. The van der Waals surface area contributed by atoms with E-state index < -0.39 is 0 Å². The van der Waals surface area contributed by atoms with Gasteiger partial charge in [-0.05, 0) is 32.0 Å². The molecule has 0 saturated heterocycles. The van der Waals surface area contributed by atoms with Gasteiger partial charge in [-0.15, -0.1) is 0 Å². The van der Waals surface area contributed by atoms with Crippen LogP contribution in [0.25, 0.3) is 0 Å². The molecule has 1 aromatic heterocycles. The molecule has 0 radical (unpaired) electrons. The van der Waals surface area contributed by atoms with Gasteiger partial charge < -0.3 is 14.1 Å². The van der Waals surface area contributed by atoms with Gasteiger partial charge in [0.25, 0.3) is 0 Å². The third-order valence-electron chi connectivity index (χ3n) is 3.36. The Kier molecular flexibility index (Phi) is 4.13. The van der Waals surface area contributed by atoms with Crippen molar-refractivity contribution in [2.75, 3.05) is 19.1 Å². The number of ketones is 1. The second kappa shape index (κ2) is 5.82. The maximum atomic E-state index is 11.9. The zero-order chi connectivity index (χ0) is 14.7. The van der Waals surface area contributed by atoms with Crippen LogP contribution in [0.3, 0.4) is 0 Å². The van der Waals surface area contributed by atoms with Crippen molar-refractivity contribution in [3.05, 3.63) is 47.4 Å². The van der Waals surface area contributed by atoms with E-state index in [0.717, 1.165) is 17.0 Å². The van der Waals surface area contributed by atoms with Gasteiger partial charge in [-0.1, -0.05) is 6.07 Å². The molecule has 106 valence electrons. The topological polar surface area (TPSA) is 42.7 Å². The number of ether oxygens (including phenoxy) is 1. The average Bonchev–Trinajstić information content (AvgIpc) is 2.83. The van der Waals surface area contributed by atoms with Gasteiger partial charge in [0.05, 0.1) is 24.6 Å². The smallest absolute Gasteiger partial charge is 0.165 e. The number of furan rings is 1. The molecule has 0 aliphatic heterocycles. The van der Waals surface area contributed by atoms with Gasteiger partial charge in [0.15, 0.2) is 5.78 Å². The Bertz CT molecular complexity index is 616. The first-order chi connectivity index (χ1) is 9.54. The molecule has 0 aliphatic rings. The van der Waals surface area contributed by atoms with Crippen molar-refractivity contribution in [1.82, 2.24) is 0 Å². The van der Waals surface area contributed by atoms with E-state index in [2.05, 4.69) is 0 Å². The number of anilines is 1. The van der Waals surface area contributed by atoms with Gasteiger partial charge >= 0.3 is 0 Å². The molecule has 0 spiro atoms. The number of hydrogen-bond donors (Lipinski definition) is 0. The number of benzene rings is 1. The molecule has 0 unspecified atom stereocenters. The highest BCUT2D eigenvalue weighted by molar-refractivity contribution is 6.02. The first-order valence-corrected chi connectivity index (χ1v) is 6.46. The molecule has 0 amide bonds. The molecule has 0 fully saturated rings. The second-order valence-electron chi connectivity index (χ2n) is 4.77. The van der Waals surface area contributed by atoms with Crippen LogP contribution in [0.15, 0.2) is 34.9 Å². The Labute approximate surface area is 119 Å². The highest BCUT2D eigenvalue weighted by atomic mass is 16.5. The summed E-state index contributed by atoms with van der Waals surface area (Å²) < 4.78 is 10.6. The molecule has 2 aromatic rings. The van der Waals surface area contributed by atoms with Gasteiger partial charge in [-0.3, -0.25) is 4.79 Å². The van der Waals surface area contributed by atoms with Gasteiger partial charge in [0.2, 0.25) is 0 Å². The molecule has 0 N–H and O–H groups in total. The van der Waals surface area contributed by atoms with Crippen LogP contribution < -0.4 is 9.64 Å². The number of aryl methyl sites for hydroxylation is 1. The second-order valence-corrected chi connectivity index (χ2v) is 4.77. The number of hydrogen-bond acceptors (Lipinski definition) is 4. The minimum absolute atomic E-state index is 0.00628. The molecule has 0 atom stereocenters. The lowest BCUT2D eigenvalue weighted by atomic mass is 10.1. The van der Waals surface area contributed by atoms with E-state index in [4.69, 9.17) is 9.15 Å². The average molecular weight is 273 g/mol. The van der Waals surface area contributed by atoms with Crippen molar-refractivity contribution >= 4 is 11.5 Å². The SMILES string of the molecule is COc1cccc(N(C)Cc2ccoc2C)c1C(C)=O. The molecule has 20 heavy (non-hydrogen) atoms. The van der Waals surface area contributed by atoms with Crippen LogP contribution in [0.2, 0.25) is 0 Å². The number of rotatable bonds is 5. The summed E-state index contributed by atoms with van der Waals surface area (Å²) in [6.45, 7) is 4.16. The van der Waals surface area contributed by atoms with E-state index in [-0.39, 0.29) is 5.78 Å². The lowest BCUT2D eigenvalue weighted by molar-refractivity contribution is 0.101. The predicted octanol–water partition coefficient (Wildman–Crippen LogP) is 3.44. The summed E-state index contributed by atoms with van der Waals surface area (Å²) in [5.74, 6) is 1.49. The summed E-state index contributed by atoms with van der Waals surface area (Å²) in [4.78, 5) is 13.9. The summed E-state index contributed by atoms with van der Waals surface area (Å²) in [7, 11) is 3.53. The number of Topliss-reactive ketones (excluding diaryl/α,β-unsaturated/α-hetero) is 1. The predicted molar refractivity (Wildman–Crippen MR) is 78.6 cm³/mol. The zero-order valence-corrected chi connectivity index (χ0v) is 12.3. The molecular formula is C16H19NO3. The molecule has 1 aromatic carbocycles. The summed E-state index contributed by atoms with van der Waals surface area (Å²) >= 11 is 0. The van der Waals surface area contributed by atoms with E-state index in [1.165, 1.54) is 0 Å². The fraction of sp³-hybridized carbons (Fsp3) is 0.312. The maximum absolute atomic E-state index is 11.9. The van der Waals surface area contributed by atoms with Crippen molar-refractivity contribution in [3.8, 4) is 5.75 Å². The Morgan fingerprint density at radius 3 is 2.65 bits per heavy atom. The molecule has 0 saturated carbocycles. The van der Waals surface area contributed by atoms with Crippen LogP contribution >= 0.6 is 0 Å². The summed E-state index contributed by atoms with van der Waals surface area (Å²) in [6, 6.07) is 7.56. The van der Waals surface area contributed by atoms with Crippen LogP contribution in [-0.2, 0) is 6.54 Å². The van der Waals surface area contributed by atoms with Crippen molar-refractivity contribution < 1.29 is 13.9 Å². The molecule has 4 nitrogen and oxygen atoms in total. The highest BCUT2D eigenvalue weighted by Crippen LogP contribution is 2.30. The molecule has 1 heterocycles. The number of nitrogens with zero attached hydrogens (tertiary/aromatic N) is 1. The van der Waals surface area contributed by atoms with Crippen LogP contribution in [-0.4, -0.2) is 19.9 Å². The molecule has 0 aliphatic carbocycles. The van der Waals surface area contributed by atoms with Crippen LogP contribution in [0.5, 0.6) is 5.75 Å². The normalized spacial score (nSPS) is 10.4. The Balaban J connectivity index is 2.37. The molecular weight excluding hydrogens is 254 g/mol. The Hall–Kier alpha value is -2.23. The van der Waals surface area contributed by atoms with E-state index in [1.807, 2.05) is 37.1 Å². The third kappa shape index (κ3) is 2.69. The first-order valence-electron chi connectivity index (χ1n) is 6.46. The number of carbonyl (C=O) groups excluding carboxylic acids is 1. The van der Waals surface area contributed by atoms with Gasteiger partial charge in [-0.25, -0.2) is 0 Å². The van der Waals surface area contributed by atoms with E-state index in [0.29, 0.717) is 17.9 Å². The fourth-order valence-electron chi connectivity index (χ4n) is 2.28. The minimum Gasteiger partial charge on any atom is -0.496 e. The number of carbonyl (C=O) groups is 1. The van der Waals surface area contributed by atoms with Gasteiger partial charge in [0, 0.05) is 19.2 Å². The Morgan fingerprint density at radius 1 is 1.35 bits per heavy atom. The number of methoxy groups -OCH3 is 1. The summed E-state index contributed by atoms with van der Waals surface area (Å²) in [5, 5.41) is 0. The minimum atomic E-state index is -0.00628. The zero-order valence-electron chi connectivity index (χ0n) is 12.3. The van der Waals surface area contributed by atoms with E-state index in [1.54, 1.807) is 26.4 Å². The largest absolute Gasteiger partial charge is 0.496 e. The van der Waals surface area contributed by atoms with Gasteiger partial charge in [0.1, 0.15) is 11.5 Å². The van der Waals surface area contributed by atoms with E-state index >= 15 is 0 Å². The van der Waals surface area contributed by atoms with Gasteiger partial charge in [-0.2, -0.15) is 0 Å². The standard InChI is InChI=1S/C16H19NO3/c1-11(18)16-14(6-5-7-15(16)19-4)17(3)10-13-8-9-20-12(13)2/h5-9H,10H2,1-4H3. The summed E-state index contributed by atoms with van der Waals surface area (Å²) in [6.07, 6.45) is 1.68. The quantitative estimate of drug-likeness (QED) is 0.783. The van der Waals surface area contributed by atoms with Crippen molar-refractivity contribution in [2.24, 2.45) is 0 Å². The van der Waals surface area contributed by atoms with Crippen LogP contribution in [0.1, 0.15) is 28.6 Å². The summed E-state index contributed by atoms with van der Waals surface area (Å²) in [5.41, 5.74) is 2.57. The Morgan fingerprint density at radius 2 is 2.10 bits per heavy atom. The van der Waals surface area contributed by atoms with Crippen molar-refractivity contribution in [1.29, 1.82) is 0 Å². The maximum Gasteiger partial charge on any atom is 0.165 e. The molecule has 4 heteroatoms.